The van der Waals surface area contributed by atoms with Gasteiger partial charge in [-0.1, -0.05) is 42.5 Å². The van der Waals surface area contributed by atoms with E-state index in [0.29, 0.717) is 0 Å². The first-order valence-electron chi connectivity index (χ1n) is 7.42. The summed E-state index contributed by atoms with van der Waals surface area (Å²) >= 11 is 0. The maximum atomic E-state index is 6.28. The van der Waals surface area contributed by atoms with E-state index in [1.54, 1.807) is 0 Å². The molecule has 0 spiro atoms. The van der Waals surface area contributed by atoms with Crippen molar-refractivity contribution in [1.82, 2.24) is 0 Å². The van der Waals surface area contributed by atoms with Crippen LogP contribution in [0.15, 0.2) is 48.5 Å². The Morgan fingerprint density at radius 2 is 1.60 bits per heavy atom. The van der Waals surface area contributed by atoms with Gasteiger partial charge in [0.05, 0.1) is 0 Å². The van der Waals surface area contributed by atoms with Crippen molar-refractivity contribution in [3.05, 3.63) is 65.2 Å². The molecule has 2 nitrogen and oxygen atoms in total. The van der Waals surface area contributed by atoms with Crippen LogP contribution in [0.5, 0.6) is 5.75 Å². The van der Waals surface area contributed by atoms with Crippen LogP contribution in [0.2, 0.25) is 0 Å². The van der Waals surface area contributed by atoms with Gasteiger partial charge in [0.1, 0.15) is 11.9 Å². The summed E-state index contributed by atoms with van der Waals surface area (Å²) in [6.07, 6.45) is 3.61. The third-order valence-electron chi connectivity index (χ3n) is 4.41. The van der Waals surface area contributed by atoms with Gasteiger partial charge in [-0.3, -0.25) is 0 Å². The molecule has 1 aliphatic heterocycles. The van der Waals surface area contributed by atoms with Gasteiger partial charge in [0.15, 0.2) is 0 Å². The maximum Gasteiger partial charge on any atom is 0.126 e. The zero-order valence-electron chi connectivity index (χ0n) is 11.5. The number of hydrogen-bond donors (Lipinski definition) is 1. The van der Waals surface area contributed by atoms with Crippen molar-refractivity contribution >= 4 is 0 Å². The van der Waals surface area contributed by atoms with E-state index < -0.39 is 0 Å². The van der Waals surface area contributed by atoms with Gasteiger partial charge in [-0.05, 0) is 36.0 Å². The molecule has 2 heteroatoms. The lowest BCUT2D eigenvalue weighted by Crippen LogP contribution is -2.24. The quantitative estimate of drug-likeness (QED) is 0.887. The van der Waals surface area contributed by atoms with Crippen LogP contribution >= 0.6 is 0 Å². The zero-order chi connectivity index (χ0) is 13.5. The summed E-state index contributed by atoms with van der Waals surface area (Å²) in [6, 6.07) is 17.1. The van der Waals surface area contributed by atoms with Gasteiger partial charge in [0, 0.05) is 18.0 Å². The van der Waals surface area contributed by atoms with Crippen LogP contribution in [0.25, 0.3) is 0 Å². The fourth-order valence-corrected chi connectivity index (χ4v) is 3.06. The average Bonchev–Trinajstić information content (AvgIpc) is 3.32. The molecule has 1 unspecified atom stereocenters. The lowest BCUT2D eigenvalue weighted by Gasteiger charge is -2.30. The molecule has 4 rings (SSSR count). The van der Waals surface area contributed by atoms with Crippen molar-refractivity contribution in [3.8, 4) is 5.75 Å². The van der Waals surface area contributed by atoms with E-state index in [-0.39, 0.29) is 12.1 Å². The van der Waals surface area contributed by atoms with Gasteiger partial charge >= 0.3 is 0 Å². The molecule has 1 heterocycles. The topological polar surface area (TPSA) is 35.2 Å². The van der Waals surface area contributed by atoms with Crippen LogP contribution in [-0.2, 0) is 0 Å². The van der Waals surface area contributed by atoms with E-state index in [1.807, 2.05) is 18.2 Å². The Morgan fingerprint density at radius 1 is 0.900 bits per heavy atom. The molecule has 2 aromatic rings. The number of hydrogen-bond acceptors (Lipinski definition) is 2. The summed E-state index contributed by atoms with van der Waals surface area (Å²) in [7, 11) is 0. The SMILES string of the molecule is N[C@@H]1CC(c2ccc(C3CC3)cc2)Oc2ccccc21. The Bertz CT molecular complexity index is 616. The molecule has 2 aromatic carbocycles. The maximum absolute atomic E-state index is 6.28. The molecule has 20 heavy (non-hydrogen) atoms. The van der Waals surface area contributed by atoms with Crippen LogP contribution in [0.3, 0.4) is 0 Å². The van der Waals surface area contributed by atoms with Gasteiger partial charge in [0.25, 0.3) is 0 Å². The van der Waals surface area contributed by atoms with E-state index in [9.17, 15) is 0 Å². The van der Waals surface area contributed by atoms with E-state index in [4.69, 9.17) is 10.5 Å². The third kappa shape index (κ3) is 2.10. The van der Waals surface area contributed by atoms with Crippen molar-refractivity contribution in [3.63, 3.8) is 0 Å². The monoisotopic (exact) mass is 265 g/mol. The molecule has 0 radical (unpaired) electrons. The molecule has 1 saturated carbocycles. The largest absolute Gasteiger partial charge is 0.485 e. The van der Waals surface area contributed by atoms with E-state index in [0.717, 1.165) is 23.7 Å². The minimum Gasteiger partial charge on any atom is -0.485 e. The Balaban J connectivity index is 1.60. The highest BCUT2D eigenvalue weighted by Crippen LogP contribution is 2.42. The zero-order valence-corrected chi connectivity index (χ0v) is 11.5. The number of para-hydroxylation sites is 1. The Morgan fingerprint density at radius 3 is 2.35 bits per heavy atom. The number of nitrogens with two attached hydrogens (primary N) is 1. The second-order valence-corrected chi connectivity index (χ2v) is 5.93. The standard InChI is InChI=1S/C18H19NO/c19-16-11-18(20-17-4-2-1-3-15(16)17)14-9-7-13(8-10-14)12-5-6-12/h1-4,7-10,12,16,18H,5-6,11,19H2/t16-,18?/m1/s1. The van der Waals surface area contributed by atoms with E-state index >= 15 is 0 Å². The van der Waals surface area contributed by atoms with Crippen molar-refractivity contribution in [1.29, 1.82) is 0 Å². The summed E-state index contributed by atoms with van der Waals surface area (Å²) in [4.78, 5) is 0. The molecule has 2 aliphatic rings. The van der Waals surface area contributed by atoms with Crippen molar-refractivity contribution in [2.24, 2.45) is 5.73 Å². The Hall–Kier alpha value is -1.80. The van der Waals surface area contributed by atoms with Crippen LogP contribution < -0.4 is 10.5 Å². The third-order valence-corrected chi connectivity index (χ3v) is 4.41. The van der Waals surface area contributed by atoms with Crippen LogP contribution in [0, 0.1) is 0 Å². The van der Waals surface area contributed by atoms with Crippen LogP contribution in [0.4, 0.5) is 0 Å². The second kappa shape index (κ2) is 4.64. The molecule has 1 aliphatic carbocycles. The summed E-state index contributed by atoms with van der Waals surface area (Å²) < 4.78 is 6.12. The molecule has 102 valence electrons. The first kappa shape index (κ1) is 12.0. The summed E-state index contributed by atoms with van der Waals surface area (Å²) in [5.74, 6) is 1.74. The number of rotatable bonds is 2. The Kier molecular flexibility index (Phi) is 2.78. The first-order valence-corrected chi connectivity index (χ1v) is 7.42. The number of ether oxygens (including phenoxy) is 1. The molecular weight excluding hydrogens is 246 g/mol. The highest BCUT2D eigenvalue weighted by atomic mass is 16.5. The first-order chi connectivity index (χ1) is 9.81. The lowest BCUT2D eigenvalue weighted by atomic mass is 9.93. The van der Waals surface area contributed by atoms with Gasteiger partial charge in [-0.2, -0.15) is 0 Å². The predicted molar refractivity (Wildman–Crippen MR) is 79.8 cm³/mol. The van der Waals surface area contributed by atoms with Crippen LogP contribution in [0.1, 0.15) is 54.0 Å². The minimum atomic E-state index is 0.0630. The minimum absolute atomic E-state index is 0.0630. The van der Waals surface area contributed by atoms with Gasteiger partial charge in [-0.15, -0.1) is 0 Å². The summed E-state index contributed by atoms with van der Waals surface area (Å²) in [5.41, 5.74) is 10.1. The summed E-state index contributed by atoms with van der Waals surface area (Å²) in [5, 5.41) is 0. The molecule has 1 fully saturated rings. The van der Waals surface area contributed by atoms with E-state index in [1.165, 1.54) is 24.0 Å². The van der Waals surface area contributed by atoms with Crippen molar-refractivity contribution in [2.75, 3.05) is 0 Å². The Labute approximate surface area is 119 Å². The molecule has 0 amide bonds. The molecule has 0 aromatic heterocycles. The molecular formula is C18H19NO. The highest BCUT2D eigenvalue weighted by Gasteiger charge is 2.27. The van der Waals surface area contributed by atoms with Gasteiger partial charge in [0.2, 0.25) is 0 Å². The fourth-order valence-electron chi connectivity index (χ4n) is 3.06. The molecule has 0 bridgehead atoms. The fraction of sp³-hybridized carbons (Fsp3) is 0.333. The summed E-state index contributed by atoms with van der Waals surface area (Å²) in [6.45, 7) is 0. The predicted octanol–water partition coefficient (Wildman–Crippen LogP) is 4.09. The van der Waals surface area contributed by atoms with Crippen molar-refractivity contribution < 1.29 is 4.74 Å². The molecule has 2 N–H and O–H groups in total. The number of benzene rings is 2. The number of fused-ring (bicyclic) bond motifs is 1. The van der Waals surface area contributed by atoms with Crippen molar-refractivity contribution in [2.45, 2.75) is 37.3 Å². The molecule has 2 atom stereocenters. The van der Waals surface area contributed by atoms with E-state index in [2.05, 4.69) is 30.3 Å². The van der Waals surface area contributed by atoms with Gasteiger partial charge < -0.3 is 10.5 Å². The van der Waals surface area contributed by atoms with Crippen LogP contribution in [-0.4, -0.2) is 0 Å². The highest BCUT2D eigenvalue weighted by molar-refractivity contribution is 5.39. The normalized spacial score (nSPS) is 24.9. The lowest BCUT2D eigenvalue weighted by molar-refractivity contribution is 0.161. The second-order valence-electron chi connectivity index (χ2n) is 5.93. The smallest absolute Gasteiger partial charge is 0.126 e. The molecule has 0 saturated heterocycles. The van der Waals surface area contributed by atoms with Gasteiger partial charge in [-0.25, -0.2) is 0 Å². The average molecular weight is 265 g/mol.